The van der Waals surface area contributed by atoms with Crippen LogP contribution in [0, 0.1) is 0 Å². The Morgan fingerprint density at radius 1 is 1.21 bits per heavy atom. The molecule has 2 amide bonds. The van der Waals surface area contributed by atoms with E-state index in [-0.39, 0.29) is 24.9 Å². The molecule has 0 bridgehead atoms. The average Bonchev–Trinajstić information content (AvgIpc) is 3.13. The van der Waals surface area contributed by atoms with Crippen molar-refractivity contribution in [3.63, 3.8) is 0 Å². The van der Waals surface area contributed by atoms with Crippen molar-refractivity contribution in [3.8, 4) is 0 Å². The number of nitrogens with zero attached hydrogens (tertiary/aromatic N) is 2. The molecule has 1 aliphatic rings. The lowest BCUT2D eigenvalue weighted by Gasteiger charge is -2.11. The van der Waals surface area contributed by atoms with Crippen LogP contribution in [-0.2, 0) is 23.1 Å². The number of carbonyl (C=O) groups excluding carboxylic acids is 2. The topological polar surface area (TPSA) is 96.4 Å². The minimum absolute atomic E-state index is 0.0289. The summed E-state index contributed by atoms with van der Waals surface area (Å²) in [5, 5.41) is 3.05. The Balaban J connectivity index is 1.71. The van der Waals surface area contributed by atoms with Crippen molar-refractivity contribution in [3.05, 3.63) is 63.5 Å². The first-order valence-electron chi connectivity index (χ1n) is 6.92. The molecule has 124 valence electrons. The average molecular weight is 363 g/mol. The summed E-state index contributed by atoms with van der Waals surface area (Å²) in [6, 6.07) is 6.65. The van der Waals surface area contributed by atoms with E-state index in [4.69, 9.17) is 0 Å². The Morgan fingerprint density at radius 3 is 2.42 bits per heavy atom. The molecule has 9 heteroatoms. The van der Waals surface area contributed by atoms with E-state index in [0.29, 0.717) is 21.8 Å². The van der Waals surface area contributed by atoms with E-state index in [0.717, 1.165) is 10.3 Å². The van der Waals surface area contributed by atoms with Crippen molar-refractivity contribution in [1.82, 2.24) is 14.6 Å². The van der Waals surface area contributed by atoms with Crippen LogP contribution >= 0.6 is 11.3 Å². The van der Waals surface area contributed by atoms with E-state index in [1.165, 1.54) is 11.3 Å². The molecule has 0 spiro atoms. The van der Waals surface area contributed by atoms with Crippen LogP contribution in [0.2, 0.25) is 0 Å². The van der Waals surface area contributed by atoms with Crippen LogP contribution in [0.3, 0.4) is 0 Å². The second kappa shape index (κ2) is 6.27. The molecule has 2 aromatic rings. The summed E-state index contributed by atoms with van der Waals surface area (Å²) in [5.74, 6) is -0.699. The third kappa shape index (κ3) is 3.14. The molecule has 7 nitrogen and oxygen atoms in total. The molecule has 1 aliphatic heterocycles. The lowest BCUT2D eigenvalue weighted by atomic mass is 10.1. The van der Waals surface area contributed by atoms with Crippen LogP contribution in [0.4, 0.5) is 0 Å². The van der Waals surface area contributed by atoms with Crippen molar-refractivity contribution in [1.29, 1.82) is 0 Å². The molecule has 0 saturated carbocycles. The molecule has 0 fully saturated rings. The van der Waals surface area contributed by atoms with Gasteiger partial charge >= 0.3 is 0 Å². The number of fused-ring (bicyclic) bond motifs is 1. The van der Waals surface area contributed by atoms with Gasteiger partial charge in [0.25, 0.3) is 11.8 Å². The van der Waals surface area contributed by atoms with Crippen molar-refractivity contribution in [2.75, 3.05) is 0 Å². The van der Waals surface area contributed by atoms with Gasteiger partial charge in [-0.1, -0.05) is 18.7 Å². The number of hydrogen-bond acceptors (Lipinski definition) is 6. The van der Waals surface area contributed by atoms with E-state index < -0.39 is 10.0 Å². The molecule has 0 aliphatic carbocycles. The van der Waals surface area contributed by atoms with Gasteiger partial charge in [0, 0.05) is 10.8 Å². The third-order valence-corrected chi connectivity index (χ3v) is 5.32. The van der Waals surface area contributed by atoms with E-state index in [1.807, 2.05) is 0 Å². The minimum atomic E-state index is -3.52. The molecular formula is C15H13N3O4S2. The molecule has 1 aromatic carbocycles. The van der Waals surface area contributed by atoms with Crippen LogP contribution in [-0.4, -0.2) is 30.1 Å². The lowest BCUT2D eigenvalue weighted by molar-refractivity contribution is 0.0640. The van der Waals surface area contributed by atoms with Crippen LogP contribution in [0.5, 0.6) is 0 Å². The van der Waals surface area contributed by atoms with E-state index in [1.54, 1.807) is 29.6 Å². The Bertz CT molecular complexity index is 899. The predicted molar refractivity (Wildman–Crippen MR) is 88.7 cm³/mol. The second-order valence-electron chi connectivity index (χ2n) is 5.01. The summed E-state index contributed by atoms with van der Waals surface area (Å²) >= 11 is 1.25. The fourth-order valence-corrected chi connectivity index (χ4v) is 3.54. The molecule has 0 unspecified atom stereocenters. The first kappa shape index (κ1) is 16.5. The number of amides is 2. The summed E-state index contributed by atoms with van der Waals surface area (Å²) in [7, 11) is -3.52. The van der Waals surface area contributed by atoms with Gasteiger partial charge in [0.1, 0.15) is 5.01 Å². The Hall–Kier alpha value is -2.36. The van der Waals surface area contributed by atoms with E-state index in [9.17, 15) is 18.0 Å². The highest BCUT2D eigenvalue weighted by molar-refractivity contribution is 7.92. The first-order valence-corrected chi connectivity index (χ1v) is 9.34. The molecule has 0 radical (unpaired) electrons. The maximum absolute atomic E-state index is 12.3. The fourth-order valence-electron chi connectivity index (χ4n) is 2.27. The second-order valence-corrected chi connectivity index (χ2v) is 7.66. The molecule has 0 saturated heterocycles. The molecular weight excluding hydrogens is 350 g/mol. The van der Waals surface area contributed by atoms with Crippen molar-refractivity contribution < 1.29 is 18.0 Å². The van der Waals surface area contributed by atoms with Gasteiger partial charge in [-0.3, -0.25) is 14.5 Å². The smallest absolute Gasteiger partial charge is 0.261 e. The maximum Gasteiger partial charge on any atom is 0.261 e. The van der Waals surface area contributed by atoms with Crippen LogP contribution in [0.25, 0.3) is 0 Å². The number of sulfonamides is 1. The number of hydrogen-bond donors (Lipinski definition) is 1. The van der Waals surface area contributed by atoms with Crippen molar-refractivity contribution in [2.24, 2.45) is 0 Å². The highest BCUT2D eigenvalue weighted by Crippen LogP contribution is 2.24. The summed E-state index contributed by atoms with van der Waals surface area (Å²) < 4.78 is 25.0. The fraction of sp³-hybridized carbons (Fsp3) is 0.133. The molecule has 3 rings (SSSR count). The SMILES string of the molecule is C=CS(=O)(=O)NCc1nc(CN2C(=O)c3ccccc3C2=O)cs1. The van der Waals surface area contributed by atoms with Gasteiger partial charge in [-0.2, -0.15) is 0 Å². The zero-order chi connectivity index (χ0) is 17.3. The monoisotopic (exact) mass is 363 g/mol. The zero-order valence-electron chi connectivity index (χ0n) is 12.4. The van der Waals surface area contributed by atoms with Crippen molar-refractivity contribution in [2.45, 2.75) is 13.1 Å². The number of carbonyl (C=O) groups is 2. The van der Waals surface area contributed by atoms with Gasteiger partial charge in [-0.05, 0) is 12.1 Å². The highest BCUT2D eigenvalue weighted by Gasteiger charge is 2.35. The molecule has 1 aromatic heterocycles. The summed E-state index contributed by atoms with van der Waals surface area (Å²) in [6.07, 6.45) is 0. The number of nitrogens with one attached hydrogen (secondary N) is 1. The van der Waals surface area contributed by atoms with Crippen molar-refractivity contribution >= 4 is 33.2 Å². The zero-order valence-corrected chi connectivity index (χ0v) is 14.1. The predicted octanol–water partition coefficient (Wildman–Crippen LogP) is 1.50. The van der Waals surface area contributed by atoms with E-state index in [2.05, 4.69) is 16.3 Å². The van der Waals surface area contributed by atoms with Crippen LogP contribution < -0.4 is 4.72 Å². The number of thiazole rings is 1. The summed E-state index contributed by atoms with van der Waals surface area (Å²) in [4.78, 5) is 30.0. The number of imide groups is 1. The molecule has 0 atom stereocenters. The standard InChI is InChI=1S/C15H13N3O4S2/c1-2-24(21,22)16-7-13-17-10(9-23-13)8-18-14(19)11-5-3-4-6-12(11)15(18)20/h2-6,9,16H,1,7-8H2. The summed E-state index contributed by atoms with van der Waals surface area (Å²) in [5.41, 5.74) is 1.30. The largest absolute Gasteiger partial charge is 0.269 e. The van der Waals surface area contributed by atoms with E-state index >= 15 is 0 Å². The Kier molecular flexibility index (Phi) is 4.31. The van der Waals surface area contributed by atoms with Gasteiger partial charge < -0.3 is 0 Å². The van der Waals surface area contributed by atoms with Crippen LogP contribution in [0.1, 0.15) is 31.4 Å². The minimum Gasteiger partial charge on any atom is -0.269 e. The maximum atomic E-state index is 12.3. The normalized spacial score (nSPS) is 14.1. The van der Waals surface area contributed by atoms with Gasteiger partial charge in [-0.15, -0.1) is 11.3 Å². The van der Waals surface area contributed by atoms with Gasteiger partial charge in [0.15, 0.2) is 0 Å². The summed E-state index contributed by atoms with van der Waals surface area (Å²) in [6.45, 7) is 3.29. The molecule has 2 heterocycles. The Labute approximate surface area is 142 Å². The number of aromatic nitrogens is 1. The molecule has 24 heavy (non-hydrogen) atoms. The highest BCUT2D eigenvalue weighted by atomic mass is 32.2. The lowest BCUT2D eigenvalue weighted by Crippen LogP contribution is -2.29. The van der Waals surface area contributed by atoms with Gasteiger partial charge in [-0.25, -0.2) is 18.1 Å². The van der Waals surface area contributed by atoms with Gasteiger partial charge in [0.05, 0.1) is 29.9 Å². The number of rotatable bonds is 6. The number of benzene rings is 1. The van der Waals surface area contributed by atoms with Crippen LogP contribution in [0.15, 0.2) is 41.6 Å². The van der Waals surface area contributed by atoms with Gasteiger partial charge in [0.2, 0.25) is 10.0 Å². The third-order valence-electron chi connectivity index (χ3n) is 3.44. The Morgan fingerprint density at radius 2 is 1.83 bits per heavy atom. The molecule has 1 N–H and O–H groups in total. The quantitative estimate of drug-likeness (QED) is 0.785. The first-order chi connectivity index (χ1) is 11.4.